The van der Waals surface area contributed by atoms with E-state index in [4.69, 9.17) is 0 Å². The monoisotopic (exact) mass is 458 g/mol. The van der Waals surface area contributed by atoms with Gasteiger partial charge < -0.3 is 15.5 Å². The molecule has 4 rings (SSSR count). The molecular formula is C28H34N4O2. The summed E-state index contributed by atoms with van der Waals surface area (Å²) in [6.45, 7) is 6.90. The maximum atomic E-state index is 12.3. The van der Waals surface area contributed by atoms with Crippen LogP contribution in [-0.4, -0.2) is 67.4 Å². The summed E-state index contributed by atoms with van der Waals surface area (Å²) in [5.41, 5.74) is 2.34. The SMILES string of the molecule is O=C(CNC(=O)Cc1cccc2ccccc12)NCCCN1CCN(Cc2ccccc2)CC1. The number of carbonyl (C=O) groups is 2. The number of carbonyl (C=O) groups excluding carboxylic acids is 2. The summed E-state index contributed by atoms with van der Waals surface area (Å²) in [6, 6.07) is 24.6. The molecule has 0 saturated carbocycles. The van der Waals surface area contributed by atoms with Crippen molar-refractivity contribution in [3.8, 4) is 0 Å². The van der Waals surface area contributed by atoms with Crippen molar-refractivity contribution in [2.45, 2.75) is 19.4 Å². The molecule has 0 radical (unpaired) electrons. The second-order valence-corrected chi connectivity index (χ2v) is 8.90. The molecule has 1 saturated heterocycles. The molecule has 1 aliphatic rings. The Hall–Kier alpha value is -3.22. The van der Waals surface area contributed by atoms with E-state index >= 15 is 0 Å². The van der Waals surface area contributed by atoms with E-state index in [-0.39, 0.29) is 24.8 Å². The van der Waals surface area contributed by atoms with Gasteiger partial charge in [-0.1, -0.05) is 72.8 Å². The van der Waals surface area contributed by atoms with Gasteiger partial charge in [-0.05, 0) is 34.9 Å². The van der Waals surface area contributed by atoms with Crippen molar-refractivity contribution in [3.05, 3.63) is 83.9 Å². The van der Waals surface area contributed by atoms with E-state index < -0.39 is 0 Å². The summed E-state index contributed by atoms with van der Waals surface area (Å²) in [6.07, 6.45) is 1.18. The predicted octanol–water partition coefficient (Wildman–Crippen LogP) is 2.82. The lowest BCUT2D eigenvalue weighted by atomic mass is 10.0. The quantitative estimate of drug-likeness (QED) is 0.459. The van der Waals surface area contributed by atoms with Crippen LogP contribution in [0.2, 0.25) is 0 Å². The molecule has 178 valence electrons. The Morgan fingerprint density at radius 2 is 1.44 bits per heavy atom. The molecule has 1 fully saturated rings. The topological polar surface area (TPSA) is 64.7 Å². The molecule has 6 heteroatoms. The molecule has 6 nitrogen and oxygen atoms in total. The Morgan fingerprint density at radius 3 is 2.26 bits per heavy atom. The third-order valence-corrected chi connectivity index (χ3v) is 6.36. The summed E-state index contributed by atoms with van der Waals surface area (Å²) in [4.78, 5) is 29.4. The van der Waals surface area contributed by atoms with Crippen LogP contribution in [0.4, 0.5) is 0 Å². The van der Waals surface area contributed by atoms with Gasteiger partial charge in [0, 0.05) is 39.3 Å². The molecule has 2 N–H and O–H groups in total. The number of nitrogens with one attached hydrogen (secondary N) is 2. The Morgan fingerprint density at radius 1 is 0.735 bits per heavy atom. The van der Waals surface area contributed by atoms with Crippen LogP contribution in [0.5, 0.6) is 0 Å². The molecule has 0 spiro atoms. The Labute approximate surface area is 201 Å². The number of benzene rings is 3. The van der Waals surface area contributed by atoms with Crippen LogP contribution >= 0.6 is 0 Å². The zero-order chi connectivity index (χ0) is 23.6. The summed E-state index contributed by atoms with van der Waals surface area (Å²) in [7, 11) is 0. The highest BCUT2D eigenvalue weighted by molar-refractivity contribution is 5.91. The molecule has 0 bridgehead atoms. The first-order valence-corrected chi connectivity index (χ1v) is 12.2. The standard InChI is InChI=1S/C28H34N4O2/c33-27(20-25-12-6-11-24-10-4-5-13-26(24)25)30-21-28(34)29-14-7-15-31-16-18-32(19-17-31)22-23-8-2-1-3-9-23/h1-6,8-13H,7,14-22H2,(H,29,34)(H,30,33). The van der Waals surface area contributed by atoms with Crippen LogP contribution < -0.4 is 10.6 Å². The first-order chi connectivity index (χ1) is 16.7. The van der Waals surface area contributed by atoms with Gasteiger partial charge in [0.05, 0.1) is 13.0 Å². The molecule has 0 unspecified atom stereocenters. The third kappa shape index (κ3) is 7.14. The number of rotatable bonds is 10. The summed E-state index contributed by atoms with van der Waals surface area (Å²) < 4.78 is 0. The first-order valence-electron chi connectivity index (χ1n) is 12.2. The average molecular weight is 459 g/mol. The number of amides is 2. The fraction of sp³-hybridized carbons (Fsp3) is 0.357. The van der Waals surface area contributed by atoms with Crippen LogP contribution in [0, 0.1) is 0 Å². The third-order valence-electron chi connectivity index (χ3n) is 6.36. The average Bonchev–Trinajstić information content (AvgIpc) is 2.87. The number of nitrogens with zero attached hydrogens (tertiary/aromatic N) is 2. The maximum absolute atomic E-state index is 12.3. The van der Waals surface area contributed by atoms with Gasteiger partial charge in [0.1, 0.15) is 0 Å². The molecule has 34 heavy (non-hydrogen) atoms. The fourth-order valence-electron chi connectivity index (χ4n) is 4.47. The molecular weight excluding hydrogens is 424 g/mol. The van der Waals surface area contributed by atoms with Gasteiger partial charge in [-0.3, -0.25) is 14.5 Å². The molecule has 3 aromatic carbocycles. The van der Waals surface area contributed by atoms with Gasteiger partial charge in [-0.2, -0.15) is 0 Å². The van der Waals surface area contributed by atoms with E-state index in [1.807, 2.05) is 42.5 Å². The highest BCUT2D eigenvalue weighted by Crippen LogP contribution is 2.18. The van der Waals surface area contributed by atoms with Crippen molar-refractivity contribution in [1.82, 2.24) is 20.4 Å². The Bertz CT molecular complexity index is 1070. The maximum Gasteiger partial charge on any atom is 0.239 e. The highest BCUT2D eigenvalue weighted by Gasteiger charge is 2.16. The minimum atomic E-state index is -0.140. The highest BCUT2D eigenvalue weighted by atomic mass is 16.2. The van der Waals surface area contributed by atoms with Crippen LogP contribution in [0.15, 0.2) is 72.8 Å². The number of hydrogen-bond acceptors (Lipinski definition) is 4. The lowest BCUT2D eigenvalue weighted by Gasteiger charge is -2.34. The second kappa shape index (κ2) is 12.3. The lowest BCUT2D eigenvalue weighted by Crippen LogP contribution is -2.46. The zero-order valence-corrected chi connectivity index (χ0v) is 19.7. The smallest absolute Gasteiger partial charge is 0.239 e. The van der Waals surface area contributed by atoms with E-state index in [9.17, 15) is 9.59 Å². The number of hydrogen-bond donors (Lipinski definition) is 2. The summed E-state index contributed by atoms with van der Waals surface area (Å²) in [5, 5.41) is 7.85. The minimum Gasteiger partial charge on any atom is -0.355 e. The van der Waals surface area contributed by atoms with E-state index in [1.54, 1.807) is 0 Å². The zero-order valence-electron chi connectivity index (χ0n) is 19.7. The Kier molecular flexibility index (Phi) is 8.65. The molecule has 0 atom stereocenters. The van der Waals surface area contributed by atoms with Crippen molar-refractivity contribution in [2.24, 2.45) is 0 Å². The van der Waals surface area contributed by atoms with Gasteiger partial charge in [0.15, 0.2) is 0 Å². The molecule has 2 amide bonds. The molecule has 1 aliphatic heterocycles. The second-order valence-electron chi connectivity index (χ2n) is 8.90. The summed E-state index contributed by atoms with van der Waals surface area (Å²) >= 11 is 0. The van der Waals surface area contributed by atoms with E-state index in [0.717, 1.165) is 62.0 Å². The van der Waals surface area contributed by atoms with Crippen LogP contribution in [0.25, 0.3) is 10.8 Å². The predicted molar refractivity (Wildman–Crippen MR) is 136 cm³/mol. The molecule has 0 aromatic heterocycles. The largest absolute Gasteiger partial charge is 0.355 e. The lowest BCUT2D eigenvalue weighted by molar-refractivity contribution is -0.125. The first kappa shape index (κ1) is 23.9. The molecule has 0 aliphatic carbocycles. The molecule has 3 aromatic rings. The van der Waals surface area contributed by atoms with Gasteiger partial charge in [0.25, 0.3) is 0 Å². The van der Waals surface area contributed by atoms with Gasteiger partial charge in [-0.25, -0.2) is 0 Å². The Balaban J connectivity index is 1.08. The van der Waals surface area contributed by atoms with E-state index in [1.165, 1.54) is 5.56 Å². The summed E-state index contributed by atoms with van der Waals surface area (Å²) in [5.74, 6) is -0.279. The number of piperazine rings is 1. The van der Waals surface area contributed by atoms with Gasteiger partial charge in [0.2, 0.25) is 11.8 Å². The van der Waals surface area contributed by atoms with Gasteiger partial charge in [-0.15, -0.1) is 0 Å². The van der Waals surface area contributed by atoms with Crippen molar-refractivity contribution in [2.75, 3.05) is 45.8 Å². The normalized spacial score (nSPS) is 14.7. The number of fused-ring (bicyclic) bond motifs is 1. The van der Waals surface area contributed by atoms with Crippen LogP contribution in [0.1, 0.15) is 17.5 Å². The van der Waals surface area contributed by atoms with Crippen molar-refractivity contribution >= 4 is 22.6 Å². The van der Waals surface area contributed by atoms with Crippen molar-refractivity contribution < 1.29 is 9.59 Å². The van der Waals surface area contributed by atoms with E-state index in [2.05, 4.69) is 50.8 Å². The van der Waals surface area contributed by atoms with Crippen LogP contribution in [-0.2, 0) is 22.6 Å². The fourth-order valence-corrected chi connectivity index (χ4v) is 4.47. The van der Waals surface area contributed by atoms with Crippen molar-refractivity contribution in [1.29, 1.82) is 0 Å². The molecule has 1 heterocycles. The van der Waals surface area contributed by atoms with E-state index in [0.29, 0.717) is 6.54 Å². The van der Waals surface area contributed by atoms with Gasteiger partial charge >= 0.3 is 0 Å². The minimum absolute atomic E-state index is 0.0156. The van der Waals surface area contributed by atoms with Crippen LogP contribution in [0.3, 0.4) is 0 Å². The van der Waals surface area contributed by atoms with Crippen molar-refractivity contribution in [3.63, 3.8) is 0 Å².